The average Bonchev–Trinajstić information content (AvgIpc) is 2.28. The van der Waals surface area contributed by atoms with Crippen LogP contribution in [-0.4, -0.2) is 32.5 Å². The largest absolute Gasteiger partial charge is 0.355 e. The summed E-state index contributed by atoms with van der Waals surface area (Å²) in [6, 6.07) is 6.78. The van der Waals surface area contributed by atoms with Crippen LogP contribution in [0.15, 0.2) is 24.3 Å². The fourth-order valence-electron chi connectivity index (χ4n) is 1.25. The maximum atomic E-state index is 11.3. The van der Waals surface area contributed by atoms with Crippen LogP contribution in [0.3, 0.4) is 0 Å². The number of nitrogens with one attached hydrogen (secondary N) is 3. The minimum Gasteiger partial charge on any atom is -0.355 e. The van der Waals surface area contributed by atoms with Gasteiger partial charge >= 0.3 is 0 Å². The van der Waals surface area contributed by atoms with Gasteiger partial charge in [0.2, 0.25) is 5.91 Å². The van der Waals surface area contributed by atoms with E-state index in [-0.39, 0.29) is 30.8 Å². The molecule has 5 nitrogen and oxygen atoms in total. The highest BCUT2D eigenvalue weighted by Gasteiger charge is 2.05. The van der Waals surface area contributed by atoms with Crippen molar-refractivity contribution in [3.63, 3.8) is 0 Å². The van der Waals surface area contributed by atoms with E-state index in [4.69, 9.17) is 0 Å². The number of rotatable bonds is 4. The molecule has 0 aliphatic rings. The van der Waals surface area contributed by atoms with Crippen LogP contribution in [-0.2, 0) is 4.79 Å². The molecule has 2 amide bonds. The van der Waals surface area contributed by atoms with E-state index in [0.29, 0.717) is 11.3 Å². The zero-order valence-corrected chi connectivity index (χ0v) is 10.6. The predicted molar refractivity (Wildman–Crippen MR) is 69.6 cm³/mol. The summed E-state index contributed by atoms with van der Waals surface area (Å²) in [7, 11) is 3.26. The second-order valence-corrected chi connectivity index (χ2v) is 3.24. The SMILES string of the molecule is CNCC(=O)Nc1cccc(C(=O)NC)c1.Cl. The van der Waals surface area contributed by atoms with E-state index in [1.807, 2.05) is 0 Å². The Balaban J connectivity index is 0.00000256. The maximum absolute atomic E-state index is 11.3. The highest BCUT2D eigenvalue weighted by Crippen LogP contribution is 2.10. The molecule has 0 radical (unpaired) electrons. The van der Waals surface area contributed by atoms with Crippen LogP contribution in [0.5, 0.6) is 0 Å². The van der Waals surface area contributed by atoms with Crippen LogP contribution in [0.2, 0.25) is 0 Å². The molecule has 0 aliphatic heterocycles. The summed E-state index contributed by atoms with van der Waals surface area (Å²) in [5, 5.41) is 7.95. The lowest BCUT2D eigenvalue weighted by Crippen LogP contribution is -2.25. The number of halogens is 1. The average molecular weight is 258 g/mol. The van der Waals surface area contributed by atoms with Gasteiger partial charge in [0.15, 0.2) is 0 Å². The number of benzene rings is 1. The molecule has 0 aliphatic carbocycles. The van der Waals surface area contributed by atoms with Crippen molar-refractivity contribution in [2.75, 3.05) is 26.0 Å². The lowest BCUT2D eigenvalue weighted by molar-refractivity contribution is -0.115. The number of hydrogen-bond donors (Lipinski definition) is 3. The molecule has 6 heteroatoms. The predicted octanol–water partition coefficient (Wildman–Crippen LogP) is 0.626. The lowest BCUT2D eigenvalue weighted by Gasteiger charge is -2.06. The van der Waals surface area contributed by atoms with Gasteiger partial charge in [-0.1, -0.05) is 6.07 Å². The van der Waals surface area contributed by atoms with Crippen LogP contribution >= 0.6 is 12.4 Å². The fourth-order valence-corrected chi connectivity index (χ4v) is 1.25. The normalized spacial score (nSPS) is 9.06. The summed E-state index contributed by atoms with van der Waals surface area (Å²) in [4.78, 5) is 22.6. The molecule has 0 fully saturated rings. The standard InChI is InChI=1S/C11H15N3O2.ClH/c1-12-7-10(15)14-9-5-3-4-8(6-9)11(16)13-2;/h3-6,12H,7H2,1-2H3,(H,13,16)(H,14,15);1H. The zero-order valence-electron chi connectivity index (χ0n) is 9.74. The molecule has 0 saturated heterocycles. The van der Waals surface area contributed by atoms with Crippen LogP contribution in [0.4, 0.5) is 5.69 Å². The number of carbonyl (C=O) groups is 2. The highest BCUT2D eigenvalue weighted by atomic mass is 35.5. The first kappa shape index (κ1) is 15.4. The molecule has 0 atom stereocenters. The molecular formula is C11H16ClN3O2. The first-order valence-electron chi connectivity index (χ1n) is 4.94. The van der Waals surface area contributed by atoms with Gasteiger partial charge in [-0.15, -0.1) is 12.4 Å². The van der Waals surface area contributed by atoms with Crippen LogP contribution in [0.25, 0.3) is 0 Å². The van der Waals surface area contributed by atoms with Crippen molar-refractivity contribution in [2.45, 2.75) is 0 Å². The number of amides is 2. The van der Waals surface area contributed by atoms with Gasteiger partial charge in [0.05, 0.1) is 6.54 Å². The van der Waals surface area contributed by atoms with E-state index in [2.05, 4.69) is 16.0 Å². The minimum absolute atomic E-state index is 0. The smallest absolute Gasteiger partial charge is 0.251 e. The van der Waals surface area contributed by atoms with Crippen molar-refractivity contribution in [3.05, 3.63) is 29.8 Å². The van der Waals surface area contributed by atoms with E-state index in [1.165, 1.54) is 0 Å². The monoisotopic (exact) mass is 257 g/mol. The molecule has 1 rings (SSSR count). The van der Waals surface area contributed by atoms with Gasteiger partial charge in [-0.25, -0.2) is 0 Å². The highest BCUT2D eigenvalue weighted by molar-refractivity contribution is 5.97. The van der Waals surface area contributed by atoms with E-state index >= 15 is 0 Å². The summed E-state index contributed by atoms with van der Waals surface area (Å²) in [6.45, 7) is 0.240. The zero-order chi connectivity index (χ0) is 12.0. The summed E-state index contributed by atoms with van der Waals surface area (Å²) >= 11 is 0. The molecule has 0 spiro atoms. The molecule has 1 aromatic carbocycles. The van der Waals surface area contributed by atoms with Crippen molar-refractivity contribution in [1.29, 1.82) is 0 Å². The first-order chi connectivity index (χ1) is 7.67. The fraction of sp³-hybridized carbons (Fsp3) is 0.273. The van der Waals surface area contributed by atoms with Gasteiger partial charge in [-0.05, 0) is 25.2 Å². The third-order valence-electron chi connectivity index (χ3n) is 1.97. The Kier molecular flexibility index (Phi) is 6.93. The maximum Gasteiger partial charge on any atom is 0.251 e. The summed E-state index contributed by atoms with van der Waals surface area (Å²) in [5.41, 5.74) is 1.13. The van der Waals surface area contributed by atoms with Gasteiger partial charge < -0.3 is 16.0 Å². The lowest BCUT2D eigenvalue weighted by atomic mass is 10.2. The Hall–Kier alpha value is -1.59. The van der Waals surface area contributed by atoms with E-state index in [1.54, 1.807) is 38.4 Å². The third-order valence-corrected chi connectivity index (χ3v) is 1.97. The Morgan fingerprint density at radius 1 is 1.24 bits per heavy atom. The van der Waals surface area contributed by atoms with Crippen molar-refractivity contribution in [1.82, 2.24) is 10.6 Å². The molecule has 0 heterocycles. The Morgan fingerprint density at radius 3 is 2.53 bits per heavy atom. The van der Waals surface area contributed by atoms with E-state index in [9.17, 15) is 9.59 Å². The molecule has 17 heavy (non-hydrogen) atoms. The number of likely N-dealkylation sites (N-methyl/N-ethyl adjacent to an activating group) is 1. The van der Waals surface area contributed by atoms with E-state index < -0.39 is 0 Å². The molecule has 0 bridgehead atoms. The third kappa shape index (κ3) is 4.84. The Labute approximate surface area is 106 Å². The van der Waals surface area contributed by atoms with Crippen molar-refractivity contribution >= 4 is 29.9 Å². The van der Waals surface area contributed by atoms with E-state index in [0.717, 1.165) is 0 Å². The second kappa shape index (κ2) is 7.65. The number of hydrogen-bond acceptors (Lipinski definition) is 3. The van der Waals surface area contributed by atoms with Crippen LogP contribution < -0.4 is 16.0 Å². The number of anilines is 1. The van der Waals surface area contributed by atoms with Gasteiger partial charge in [0.1, 0.15) is 0 Å². The first-order valence-corrected chi connectivity index (χ1v) is 4.94. The Morgan fingerprint density at radius 2 is 1.94 bits per heavy atom. The summed E-state index contributed by atoms with van der Waals surface area (Å²) in [6.07, 6.45) is 0. The molecule has 1 aromatic rings. The van der Waals surface area contributed by atoms with Gasteiger partial charge in [0.25, 0.3) is 5.91 Å². The minimum atomic E-state index is -0.176. The quantitative estimate of drug-likeness (QED) is 0.741. The molecule has 3 N–H and O–H groups in total. The second-order valence-electron chi connectivity index (χ2n) is 3.24. The van der Waals surface area contributed by atoms with Crippen LogP contribution in [0.1, 0.15) is 10.4 Å². The van der Waals surface area contributed by atoms with Crippen molar-refractivity contribution < 1.29 is 9.59 Å². The molecule has 94 valence electrons. The molecule has 0 unspecified atom stereocenters. The van der Waals surface area contributed by atoms with Gasteiger partial charge in [-0.3, -0.25) is 9.59 Å². The van der Waals surface area contributed by atoms with Gasteiger partial charge in [-0.2, -0.15) is 0 Å². The Bertz CT molecular complexity index is 396. The van der Waals surface area contributed by atoms with Crippen LogP contribution in [0, 0.1) is 0 Å². The topological polar surface area (TPSA) is 70.2 Å². The summed E-state index contributed by atoms with van der Waals surface area (Å²) < 4.78 is 0. The van der Waals surface area contributed by atoms with Gasteiger partial charge in [0, 0.05) is 18.3 Å². The molecule has 0 saturated carbocycles. The molecule has 0 aromatic heterocycles. The summed E-state index contributed by atoms with van der Waals surface area (Å²) in [5.74, 6) is -0.318. The molecular weight excluding hydrogens is 242 g/mol. The number of carbonyl (C=O) groups excluding carboxylic acids is 2. The van der Waals surface area contributed by atoms with Crippen molar-refractivity contribution in [3.8, 4) is 0 Å². The van der Waals surface area contributed by atoms with Crippen molar-refractivity contribution in [2.24, 2.45) is 0 Å².